The predicted octanol–water partition coefficient (Wildman–Crippen LogP) is 2.64. The molecule has 2 nitrogen and oxygen atoms in total. The van der Waals surface area contributed by atoms with E-state index in [2.05, 4.69) is 24.1 Å². The highest BCUT2D eigenvalue weighted by Crippen LogP contribution is 2.27. The van der Waals surface area contributed by atoms with E-state index in [1.54, 1.807) is 0 Å². The molecule has 16 heavy (non-hydrogen) atoms. The number of nitrogens with one attached hydrogen (secondary N) is 1. The van der Waals surface area contributed by atoms with Gasteiger partial charge in [0.25, 0.3) is 0 Å². The Kier molecular flexibility index (Phi) is 4.66. The van der Waals surface area contributed by atoms with Crippen LogP contribution < -0.4 is 5.32 Å². The van der Waals surface area contributed by atoms with Gasteiger partial charge in [0, 0.05) is 12.1 Å². The topological polar surface area (TPSA) is 15.3 Å². The van der Waals surface area contributed by atoms with E-state index in [1.165, 1.54) is 58.2 Å². The maximum atomic E-state index is 3.59. The van der Waals surface area contributed by atoms with E-state index in [0.717, 1.165) is 12.0 Å². The van der Waals surface area contributed by atoms with Crippen LogP contribution in [0.4, 0.5) is 0 Å². The van der Waals surface area contributed by atoms with Crippen LogP contribution in [0.3, 0.4) is 0 Å². The van der Waals surface area contributed by atoms with Crippen molar-refractivity contribution in [1.29, 1.82) is 0 Å². The van der Waals surface area contributed by atoms with E-state index < -0.39 is 0 Å². The third-order valence-electron chi connectivity index (χ3n) is 4.39. The van der Waals surface area contributed by atoms with Gasteiger partial charge < -0.3 is 10.2 Å². The lowest BCUT2D eigenvalue weighted by atomic mass is 9.86. The van der Waals surface area contributed by atoms with Crippen molar-refractivity contribution in [2.45, 2.75) is 64.5 Å². The fraction of sp³-hybridized carbons (Fsp3) is 1.00. The average Bonchev–Trinajstić information content (AvgIpc) is 2.24. The largest absolute Gasteiger partial charge is 0.314 e. The Labute approximate surface area is 101 Å². The average molecular weight is 224 g/mol. The van der Waals surface area contributed by atoms with Gasteiger partial charge in [-0.1, -0.05) is 19.8 Å². The lowest BCUT2D eigenvalue weighted by Gasteiger charge is -2.38. The highest BCUT2D eigenvalue weighted by Gasteiger charge is 2.25. The molecule has 1 N–H and O–H groups in total. The first kappa shape index (κ1) is 12.4. The number of nitrogens with zero attached hydrogens (tertiary/aromatic N) is 1. The normalized spacial score (nSPS) is 39.0. The first-order valence-electron chi connectivity index (χ1n) is 7.23. The summed E-state index contributed by atoms with van der Waals surface area (Å²) in [4.78, 5) is 2.78. The zero-order valence-electron chi connectivity index (χ0n) is 11.0. The Morgan fingerprint density at radius 3 is 2.69 bits per heavy atom. The molecule has 1 saturated heterocycles. The molecule has 0 bridgehead atoms. The SMILES string of the molecule is CC1CCCC(N2CCCNC(C)CC2)C1. The van der Waals surface area contributed by atoms with Gasteiger partial charge in [-0.05, 0) is 58.2 Å². The number of hydrogen-bond donors (Lipinski definition) is 1. The van der Waals surface area contributed by atoms with Gasteiger partial charge >= 0.3 is 0 Å². The quantitative estimate of drug-likeness (QED) is 0.736. The third-order valence-corrected chi connectivity index (χ3v) is 4.39. The van der Waals surface area contributed by atoms with E-state index in [-0.39, 0.29) is 0 Å². The van der Waals surface area contributed by atoms with Crippen LogP contribution in [-0.2, 0) is 0 Å². The molecule has 2 fully saturated rings. The van der Waals surface area contributed by atoms with Crippen LogP contribution >= 0.6 is 0 Å². The minimum absolute atomic E-state index is 0.712. The van der Waals surface area contributed by atoms with Crippen LogP contribution in [0.25, 0.3) is 0 Å². The monoisotopic (exact) mass is 224 g/mol. The predicted molar refractivity (Wildman–Crippen MR) is 69.7 cm³/mol. The third kappa shape index (κ3) is 3.46. The second-order valence-electron chi connectivity index (χ2n) is 5.96. The Morgan fingerprint density at radius 1 is 1.00 bits per heavy atom. The van der Waals surface area contributed by atoms with Gasteiger partial charge in [0.1, 0.15) is 0 Å². The smallest absolute Gasteiger partial charge is 0.00978 e. The zero-order chi connectivity index (χ0) is 11.4. The molecule has 2 aliphatic rings. The van der Waals surface area contributed by atoms with Crippen molar-refractivity contribution in [3.05, 3.63) is 0 Å². The summed E-state index contributed by atoms with van der Waals surface area (Å²) in [5.41, 5.74) is 0. The summed E-state index contributed by atoms with van der Waals surface area (Å²) in [5, 5.41) is 3.59. The van der Waals surface area contributed by atoms with Crippen molar-refractivity contribution in [1.82, 2.24) is 10.2 Å². The maximum Gasteiger partial charge on any atom is 0.00978 e. The number of hydrogen-bond acceptors (Lipinski definition) is 2. The Bertz CT molecular complexity index is 205. The molecule has 0 spiro atoms. The molecule has 3 atom stereocenters. The second-order valence-corrected chi connectivity index (χ2v) is 5.96. The van der Waals surface area contributed by atoms with Crippen molar-refractivity contribution in [3.8, 4) is 0 Å². The molecule has 0 radical (unpaired) electrons. The Morgan fingerprint density at radius 2 is 1.88 bits per heavy atom. The summed E-state index contributed by atoms with van der Waals surface area (Å²) < 4.78 is 0. The van der Waals surface area contributed by atoms with Crippen molar-refractivity contribution in [3.63, 3.8) is 0 Å². The molecule has 0 aromatic heterocycles. The fourth-order valence-corrected chi connectivity index (χ4v) is 3.30. The summed E-state index contributed by atoms with van der Waals surface area (Å²) in [6, 6.07) is 1.61. The first-order chi connectivity index (χ1) is 7.75. The molecule has 0 aromatic carbocycles. The van der Waals surface area contributed by atoms with Gasteiger partial charge in [-0.3, -0.25) is 0 Å². The zero-order valence-corrected chi connectivity index (χ0v) is 11.0. The van der Waals surface area contributed by atoms with Gasteiger partial charge in [-0.15, -0.1) is 0 Å². The summed E-state index contributed by atoms with van der Waals surface area (Å²) in [7, 11) is 0. The number of rotatable bonds is 1. The second kappa shape index (κ2) is 6.02. The first-order valence-corrected chi connectivity index (χ1v) is 7.23. The van der Waals surface area contributed by atoms with Crippen LogP contribution in [0, 0.1) is 5.92 Å². The lowest BCUT2D eigenvalue weighted by Crippen LogP contribution is -2.44. The van der Waals surface area contributed by atoms with Crippen LogP contribution in [0.15, 0.2) is 0 Å². The standard InChI is InChI=1S/C14H28N2/c1-12-5-3-6-14(11-12)16-9-4-8-15-13(2)7-10-16/h12-15H,3-11H2,1-2H3. The van der Waals surface area contributed by atoms with Crippen LogP contribution in [0.5, 0.6) is 0 Å². The highest BCUT2D eigenvalue weighted by molar-refractivity contribution is 4.81. The van der Waals surface area contributed by atoms with E-state index in [9.17, 15) is 0 Å². The molecule has 2 heteroatoms. The summed E-state index contributed by atoms with van der Waals surface area (Å²) >= 11 is 0. The van der Waals surface area contributed by atoms with Gasteiger partial charge in [0.2, 0.25) is 0 Å². The van der Waals surface area contributed by atoms with E-state index in [4.69, 9.17) is 0 Å². The molecule has 1 aliphatic carbocycles. The van der Waals surface area contributed by atoms with E-state index in [1.807, 2.05) is 0 Å². The van der Waals surface area contributed by atoms with E-state index >= 15 is 0 Å². The van der Waals surface area contributed by atoms with E-state index in [0.29, 0.717) is 6.04 Å². The molecule has 1 heterocycles. The molecular formula is C14H28N2. The molecule has 94 valence electrons. The Hall–Kier alpha value is -0.0800. The summed E-state index contributed by atoms with van der Waals surface area (Å²) in [6.45, 7) is 8.59. The summed E-state index contributed by atoms with van der Waals surface area (Å²) in [5.74, 6) is 0.958. The lowest BCUT2D eigenvalue weighted by molar-refractivity contribution is 0.121. The molecule has 1 saturated carbocycles. The van der Waals surface area contributed by atoms with Gasteiger partial charge in [0.05, 0.1) is 0 Å². The summed E-state index contributed by atoms with van der Waals surface area (Å²) in [6.07, 6.45) is 8.46. The van der Waals surface area contributed by atoms with Gasteiger partial charge in [0.15, 0.2) is 0 Å². The molecule has 1 aliphatic heterocycles. The van der Waals surface area contributed by atoms with Crippen molar-refractivity contribution >= 4 is 0 Å². The van der Waals surface area contributed by atoms with Gasteiger partial charge in [-0.2, -0.15) is 0 Å². The van der Waals surface area contributed by atoms with Crippen molar-refractivity contribution in [2.75, 3.05) is 19.6 Å². The van der Waals surface area contributed by atoms with Crippen LogP contribution in [0.2, 0.25) is 0 Å². The highest BCUT2D eigenvalue weighted by atomic mass is 15.2. The molecule has 0 amide bonds. The fourth-order valence-electron chi connectivity index (χ4n) is 3.30. The van der Waals surface area contributed by atoms with Crippen LogP contribution in [-0.4, -0.2) is 36.6 Å². The molecule has 2 rings (SSSR count). The maximum absolute atomic E-state index is 3.59. The Balaban J connectivity index is 1.85. The minimum Gasteiger partial charge on any atom is -0.314 e. The van der Waals surface area contributed by atoms with Crippen LogP contribution in [0.1, 0.15) is 52.4 Å². The molecule has 3 unspecified atom stereocenters. The molecule has 0 aromatic rings. The van der Waals surface area contributed by atoms with Gasteiger partial charge in [-0.25, -0.2) is 0 Å². The molecular weight excluding hydrogens is 196 g/mol. The minimum atomic E-state index is 0.712. The van der Waals surface area contributed by atoms with Crippen molar-refractivity contribution < 1.29 is 0 Å². The van der Waals surface area contributed by atoms with Crippen molar-refractivity contribution in [2.24, 2.45) is 5.92 Å².